The molecule has 0 saturated carbocycles. The lowest BCUT2D eigenvalue weighted by Crippen LogP contribution is -2.32. The number of aryl methyl sites for hydroxylation is 1. The number of amides is 1. The van der Waals surface area contributed by atoms with Gasteiger partial charge in [0.2, 0.25) is 17.6 Å². The second-order valence-electron chi connectivity index (χ2n) is 6.87. The van der Waals surface area contributed by atoms with Crippen molar-refractivity contribution in [3.05, 3.63) is 71.4 Å². The Bertz CT molecular complexity index is 935. The van der Waals surface area contributed by atoms with Crippen LogP contribution in [0.2, 0.25) is 0 Å². The molecular formula is C21H20FN3O2. The van der Waals surface area contributed by atoms with Gasteiger partial charge >= 0.3 is 0 Å². The average molecular weight is 365 g/mol. The van der Waals surface area contributed by atoms with Crippen LogP contribution in [0.25, 0.3) is 11.4 Å². The Morgan fingerprint density at radius 1 is 1.19 bits per heavy atom. The minimum Gasteiger partial charge on any atom is -0.337 e. The second kappa shape index (κ2) is 7.31. The largest absolute Gasteiger partial charge is 0.337 e. The molecule has 4 rings (SSSR count). The van der Waals surface area contributed by atoms with Gasteiger partial charge in [0.1, 0.15) is 11.9 Å². The average Bonchev–Trinajstić information content (AvgIpc) is 3.33. The van der Waals surface area contributed by atoms with E-state index in [0.717, 1.165) is 29.5 Å². The normalized spacial score (nSPS) is 16.7. The van der Waals surface area contributed by atoms with E-state index < -0.39 is 0 Å². The van der Waals surface area contributed by atoms with Gasteiger partial charge in [-0.3, -0.25) is 4.79 Å². The number of rotatable bonds is 4. The Hall–Kier alpha value is -3.02. The highest BCUT2D eigenvalue weighted by Crippen LogP contribution is 2.32. The summed E-state index contributed by atoms with van der Waals surface area (Å²) in [4.78, 5) is 19.0. The summed E-state index contributed by atoms with van der Waals surface area (Å²) in [7, 11) is 0. The number of hydrogen-bond donors (Lipinski definition) is 0. The lowest BCUT2D eigenvalue weighted by atomic mass is 10.1. The van der Waals surface area contributed by atoms with E-state index in [1.54, 1.807) is 17.0 Å². The molecule has 0 N–H and O–H groups in total. The monoisotopic (exact) mass is 365 g/mol. The van der Waals surface area contributed by atoms with Gasteiger partial charge in [-0.2, -0.15) is 4.98 Å². The van der Waals surface area contributed by atoms with Crippen LogP contribution in [0.3, 0.4) is 0 Å². The van der Waals surface area contributed by atoms with E-state index in [9.17, 15) is 9.18 Å². The molecule has 2 aromatic carbocycles. The number of nitrogens with zero attached hydrogens (tertiary/aromatic N) is 3. The summed E-state index contributed by atoms with van der Waals surface area (Å²) in [6, 6.07) is 13.7. The highest BCUT2D eigenvalue weighted by Gasteiger charge is 2.34. The third-order valence-corrected chi connectivity index (χ3v) is 4.88. The van der Waals surface area contributed by atoms with Crippen LogP contribution in [-0.4, -0.2) is 27.5 Å². The number of carbonyl (C=O) groups excluding carboxylic acids is 1. The minimum absolute atomic E-state index is 0.0146. The molecule has 1 unspecified atom stereocenters. The molecule has 1 fully saturated rings. The molecule has 5 nitrogen and oxygen atoms in total. The van der Waals surface area contributed by atoms with Crippen molar-refractivity contribution in [1.82, 2.24) is 15.0 Å². The van der Waals surface area contributed by atoms with Gasteiger partial charge in [-0.25, -0.2) is 4.39 Å². The topological polar surface area (TPSA) is 59.2 Å². The molecule has 6 heteroatoms. The van der Waals surface area contributed by atoms with Gasteiger partial charge in [0.25, 0.3) is 0 Å². The maximum Gasteiger partial charge on any atom is 0.249 e. The molecular weight excluding hydrogens is 345 g/mol. The van der Waals surface area contributed by atoms with Crippen LogP contribution in [0.4, 0.5) is 4.39 Å². The lowest BCUT2D eigenvalue weighted by molar-refractivity contribution is -0.131. The molecule has 27 heavy (non-hydrogen) atoms. The number of halogens is 1. The molecule has 0 bridgehead atoms. The fourth-order valence-corrected chi connectivity index (χ4v) is 3.39. The molecule has 1 aromatic heterocycles. The third-order valence-electron chi connectivity index (χ3n) is 4.88. The summed E-state index contributed by atoms with van der Waals surface area (Å²) in [5, 5.41) is 4.08. The van der Waals surface area contributed by atoms with Crippen molar-refractivity contribution in [2.24, 2.45) is 0 Å². The third kappa shape index (κ3) is 3.74. The Balaban J connectivity index is 1.50. The van der Waals surface area contributed by atoms with Crippen LogP contribution >= 0.6 is 0 Å². The summed E-state index contributed by atoms with van der Waals surface area (Å²) in [5.74, 6) is 0.678. The Morgan fingerprint density at radius 2 is 1.93 bits per heavy atom. The molecule has 1 aliphatic heterocycles. The predicted molar refractivity (Wildman–Crippen MR) is 98.3 cm³/mol. The molecule has 1 aliphatic rings. The zero-order chi connectivity index (χ0) is 18.8. The van der Waals surface area contributed by atoms with Crippen LogP contribution in [0.5, 0.6) is 0 Å². The minimum atomic E-state index is -0.306. The van der Waals surface area contributed by atoms with E-state index in [1.165, 1.54) is 12.1 Å². The lowest BCUT2D eigenvalue weighted by Gasteiger charge is -2.21. The first-order valence-corrected chi connectivity index (χ1v) is 9.05. The maximum absolute atomic E-state index is 13.0. The van der Waals surface area contributed by atoms with E-state index in [-0.39, 0.29) is 24.2 Å². The number of benzene rings is 2. The van der Waals surface area contributed by atoms with Crippen LogP contribution in [-0.2, 0) is 11.2 Å². The molecule has 0 radical (unpaired) electrons. The molecule has 138 valence electrons. The molecule has 1 atom stereocenters. The summed E-state index contributed by atoms with van der Waals surface area (Å²) in [6.45, 7) is 2.68. The van der Waals surface area contributed by atoms with E-state index in [0.29, 0.717) is 18.3 Å². The predicted octanol–water partition coefficient (Wildman–Crippen LogP) is 4.09. The highest BCUT2D eigenvalue weighted by molar-refractivity contribution is 5.79. The first-order valence-electron chi connectivity index (χ1n) is 9.05. The smallest absolute Gasteiger partial charge is 0.249 e. The summed E-state index contributed by atoms with van der Waals surface area (Å²) < 4.78 is 18.5. The summed E-state index contributed by atoms with van der Waals surface area (Å²) in [6.07, 6.45) is 1.92. The number of likely N-dealkylation sites (tertiary alicyclic amines) is 1. The number of hydrogen-bond acceptors (Lipinski definition) is 4. The molecule has 1 saturated heterocycles. The second-order valence-corrected chi connectivity index (χ2v) is 6.87. The van der Waals surface area contributed by atoms with Crippen LogP contribution < -0.4 is 0 Å². The maximum atomic E-state index is 13.0. The van der Waals surface area contributed by atoms with Gasteiger partial charge < -0.3 is 9.42 Å². The van der Waals surface area contributed by atoms with E-state index in [2.05, 4.69) is 10.1 Å². The molecule has 2 heterocycles. The fraction of sp³-hybridized carbons (Fsp3) is 0.286. The van der Waals surface area contributed by atoms with Gasteiger partial charge in [-0.05, 0) is 37.5 Å². The van der Waals surface area contributed by atoms with E-state index in [4.69, 9.17) is 4.52 Å². The van der Waals surface area contributed by atoms with E-state index >= 15 is 0 Å². The summed E-state index contributed by atoms with van der Waals surface area (Å²) in [5.41, 5.74) is 2.84. The van der Waals surface area contributed by atoms with Crippen molar-refractivity contribution in [2.45, 2.75) is 32.2 Å². The SMILES string of the molecule is Cc1ccc(-c2noc(C3CCCN3C(=O)Cc3ccc(F)cc3)n2)cc1. The zero-order valence-electron chi connectivity index (χ0n) is 15.1. The molecule has 0 spiro atoms. The Morgan fingerprint density at radius 3 is 2.67 bits per heavy atom. The molecule has 3 aromatic rings. The number of aromatic nitrogens is 2. The standard InChI is InChI=1S/C21H20FN3O2/c1-14-4-8-16(9-5-14)20-23-21(27-24-20)18-3-2-12-25(18)19(26)13-15-6-10-17(22)11-7-15/h4-11,18H,2-3,12-13H2,1H3. The van der Waals surface area contributed by atoms with Crippen molar-refractivity contribution in [2.75, 3.05) is 6.54 Å². The highest BCUT2D eigenvalue weighted by atomic mass is 19.1. The molecule has 0 aliphatic carbocycles. The van der Waals surface area contributed by atoms with E-state index in [1.807, 2.05) is 31.2 Å². The Kier molecular flexibility index (Phi) is 4.71. The zero-order valence-corrected chi connectivity index (χ0v) is 15.1. The first-order chi connectivity index (χ1) is 13.1. The summed E-state index contributed by atoms with van der Waals surface area (Å²) >= 11 is 0. The van der Waals surface area contributed by atoms with Gasteiger partial charge in [0, 0.05) is 12.1 Å². The van der Waals surface area contributed by atoms with Crippen LogP contribution in [0.1, 0.15) is 35.9 Å². The van der Waals surface area contributed by atoms with Crippen molar-refractivity contribution in [1.29, 1.82) is 0 Å². The van der Waals surface area contributed by atoms with Crippen LogP contribution in [0, 0.1) is 12.7 Å². The van der Waals surface area contributed by atoms with Crippen molar-refractivity contribution >= 4 is 5.91 Å². The Labute approximate surface area is 156 Å². The number of carbonyl (C=O) groups is 1. The van der Waals surface area contributed by atoms with Crippen LogP contribution in [0.15, 0.2) is 53.1 Å². The van der Waals surface area contributed by atoms with Gasteiger partial charge in [0.15, 0.2) is 0 Å². The van der Waals surface area contributed by atoms with Gasteiger partial charge in [-0.1, -0.05) is 47.1 Å². The van der Waals surface area contributed by atoms with Crippen molar-refractivity contribution in [3.8, 4) is 11.4 Å². The van der Waals surface area contributed by atoms with Gasteiger partial charge in [0.05, 0.1) is 6.42 Å². The fourth-order valence-electron chi connectivity index (χ4n) is 3.39. The quantitative estimate of drug-likeness (QED) is 0.699. The van der Waals surface area contributed by atoms with Crippen molar-refractivity contribution in [3.63, 3.8) is 0 Å². The van der Waals surface area contributed by atoms with Crippen molar-refractivity contribution < 1.29 is 13.7 Å². The first kappa shape index (κ1) is 17.4. The van der Waals surface area contributed by atoms with Gasteiger partial charge in [-0.15, -0.1) is 0 Å². The molecule has 1 amide bonds.